The quantitative estimate of drug-likeness (QED) is 0.301. The molecule has 140 valence electrons. The van der Waals surface area contributed by atoms with Crippen LogP contribution in [0.15, 0.2) is 47.4 Å². The van der Waals surface area contributed by atoms with E-state index in [2.05, 4.69) is 0 Å². The summed E-state index contributed by atoms with van der Waals surface area (Å²) in [5.41, 5.74) is 1.45. The van der Waals surface area contributed by atoms with Gasteiger partial charge in [-0.3, -0.25) is 4.55 Å². The fourth-order valence-corrected chi connectivity index (χ4v) is 2.56. The van der Waals surface area contributed by atoms with Gasteiger partial charge in [0.2, 0.25) is 0 Å². The summed E-state index contributed by atoms with van der Waals surface area (Å²) < 4.78 is 36.1. The third-order valence-electron chi connectivity index (χ3n) is 3.43. The molecule has 0 aromatic heterocycles. The van der Waals surface area contributed by atoms with Crippen molar-refractivity contribution in [3.8, 4) is 5.75 Å². The van der Waals surface area contributed by atoms with E-state index in [0.717, 1.165) is 0 Å². The van der Waals surface area contributed by atoms with Crippen molar-refractivity contribution in [3.05, 3.63) is 59.2 Å². The van der Waals surface area contributed by atoms with E-state index in [4.69, 9.17) is 9.29 Å². The number of aromatic hydroxyl groups is 1. The van der Waals surface area contributed by atoms with Crippen LogP contribution in [0.5, 0.6) is 5.75 Å². The zero-order valence-corrected chi connectivity index (χ0v) is 23.5. The van der Waals surface area contributed by atoms with E-state index in [9.17, 15) is 18.3 Å². The van der Waals surface area contributed by atoms with Crippen LogP contribution in [0.3, 0.4) is 0 Å². The second kappa shape index (κ2) is 13.1. The molecule has 0 saturated heterocycles. The fourth-order valence-electron chi connectivity index (χ4n) is 2.08. The van der Waals surface area contributed by atoms with E-state index >= 15 is 0 Å². The maximum absolute atomic E-state index is 12.0. The minimum Gasteiger partial charge on any atom is -0.507 e. The molecule has 0 amide bonds. The average Bonchev–Trinajstić information content (AvgIpc) is 2.58. The van der Waals surface area contributed by atoms with Gasteiger partial charge in [-0.05, 0) is 41.3 Å². The van der Waals surface area contributed by atoms with Gasteiger partial charge in [-0.15, -0.1) is 0 Å². The van der Waals surface area contributed by atoms with Crippen LogP contribution in [-0.4, -0.2) is 133 Å². The van der Waals surface area contributed by atoms with E-state index in [1.165, 1.54) is 36.4 Å². The topological polar surface area (TPSA) is 101 Å². The largest absolute Gasteiger partial charge is 0.507 e. The molecule has 0 aliphatic carbocycles. The van der Waals surface area contributed by atoms with Crippen molar-refractivity contribution in [1.82, 2.24) is 0 Å². The molecule has 0 fully saturated rings. The molecule has 0 heterocycles. The summed E-state index contributed by atoms with van der Waals surface area (Å²) >= 11 is 0. The Balaban J connectivity index is 0.00000364. The first-order valence-electron chi connectivity index (χ1n) is 7.92. The predicted octanol–water partition coefficient (Wildman–Crippen LogP) is 2.86. The Kier molecular flexibility index (Phi) is 13.4. The average molecular weight is 455 g/mol. The third kappa shape index (κ3) is 9.19. The number of phenolic OH excluding ortho intramolecular Hbond substituents is 1. The number of carbonyl (C=O) groups is 1. The van der Waals surface area contributed by atoms with Crippen LogP contribution in [0.4, 0.5) is 0 Å². The molecule has 2 N–H and O–H groups in total. The molecule has 2 aromatic rings. The molecule has 2 radical (unpaired) electrons. The van der Waals surface area contributed by atoms with E-state index < -0.39 is 16.1 Å². The minimum absolute atomic E-state index is 0. The van der Waals surface area contributed by atoms with Gasteiger partial charge in [0.15, 0.2) is 0 Å². The number of hydrogen-bond donors (Lipinski definition) is 2. The molecule has 6 nitrogen and oxygen atoms in total. The zero-order valence-electron chi connectivity index (χ0n) is 16.4. The van der Waals surface area contributed by atoms with Crippen molar-refractivity contribution in [3.63, 3.8) is 0 Å². The fraction of sp³-hybridized carbons (Fsp3) is 0.211. The molecule has 0 bridgehead atoms. The van der Waals surface area contributed by atoms with Crippen LogP contribution >= 0.6 is 0 Å². The SMILES string of the molecule is CC(C)COC(=O)c1cc(C=Cc2ccc(S(=O)(=O)O)cc2)ccc1O.[K].[K]. The Hall–Kier alpha value is 0.633. The van der Waals surface area contributed by atoms with Crippen LogP contribution in [0, 0.1) is 5.92 Å². The summed E-state index contributed by atoms with van der Waals surface area (Å²) in [7, 11) is -4.22. The summed E-state index contributed by atoms with van der Waals surface area (Å²) in [6.07, 6.45) is 3.42. The van der Waals surface area contributed by atoms with Crippen LogP contribution in [0.1, 0.15) is 35.3 Å². The van der Waals surface area contributed by atoms with E-state index in [0.29, 0.717) is 11.1 Å². The Morgan fingerprint density at radius 2 is 1.57 bits per heavy atom. The van der Waals surface area contributed by atoms with Crippen LogP contribution in [-0.2, 0) is 14.9 Å². The molecular weight excluding hydrogens is 434 g/mol. The van der Waals surface area contributed by atoms with Crippen molar-refractivity contribution in [2.24, 2.45) is 5.92 Å². The van der Waals surface area contributed by atoms with Crippen LogP contribution in [0.2, 0.25) is 0 Å². The molecule has 9 heteroatoms. The Morgan fingerprint density at radius 1 is 1.04 bits per heavy atom. The van der Waals surface area contributed by atoms with Gasteiger partial charge < -0.3 is 9.84 Å². The molecule has 0 aliphatic heterocycles. The van der Waals surface area contributed by atoms with Crippen molar-refractivity contribution < 1.29 is 27.6 Å². The molecule has 2 rings (SSSR count). The number of benzene rings is 2. The van der Waals surface area contributed by atoms with Gasteiger partial charge in [-0.1, -0.05) is 44.2 Å². The van der Waals surface area contributed by atoms with Gasteiger partial charge in [0, 0.05) is 103 Å². The van der Waals surface area contributed by atoms with Crippen molar-refractivity contribution >= 4 is 131 Å². The normalized spacial score (nSPS) is 11.0. The molecule has 28 heavy (non-hydrogen) atoms. The van der Waals surface area contributed by atoms with E-state index in [1.807, 2.05) is 13.8 Å². The van der Waals surface area contributed by atoms with Gasteiger partial charge in [-0.25, -0.2) is 4.79 Å². The van der Waals surface area contributed by atoms with Crippen LogP contribution < -0.4 is 0 Å². The molecule has 0 aliphatic rings. The van der Waals surface area contributed by atoms with Gasteiger partial charge in [-0.2, -0.15) is 8.42 Å². The number of esters is 1. The van der Waals surface area contributed by atoms with E-state index in [-0.39, 0.29) is 132 Å². The minimum atomic E-state index is -4.22. The van der Waals surface area contributed by atoms with Gasteiger partial charge in [0.25, 0.3) is 10.1 Å². The smallest absolute Gasteiger partial charge is 0.341 e. The summed E-state index contributed by atoms with van der Waals surface area (Å²) in [6, 6.07) is 10.2. The van der Waals surface area contributed by atoms with Crippen LogP contribution in [0.25, 0.3) is 12.2 Å². The monoisotopic (exact) mass is 454 g/mol. The van der Waals surface area contributed by atoms with Crippen molar-refractivity contribution in [2.45, 2.75) is 18.7 Å². The Labute approximate surface area is 250 Å². The number of carbonyl (C=O) groups excluding carboxylic acids is 1. The molecule has 2 aromatic carbocycles. The van der Waals surface area contributed by atoms with Gasteiger partial charge >= 0.3 is 5.97 Å². The molecule has 0 unspecified atom stereocenters. The molecule has 0 atom stereocenters. The van der Waals surface area contributed by atoms with E-state index in [1.54, 1.807) is 18.2 Å². The zero-order chi connectivity index (χ0) is 19.3. The van der Waals surface area contributed by atoms with Gasteiger partial charge in [0.05, 0.1) is 11.5 Å². The van der Waals surface area contributed by atoms with Crippen molar-refractivity contribution in [2.75, 3.05) is 6.61 Å². The Morgan fingerprint density at radius 3 is 2.11 bits per heavy atom. The summed E-state index contributed by atoms with van der Waals surface area (Å²) in [6.45, 7) is 4.09. The Bertz CT molecular complexity index is 922. The van der Waals surface area contributed by atoms with Gasteiger partial charge in [0.1, 0.15) is 11.3 Å². The maximum atomic E-state index is 12.0. The van der Waals surface area contributed by atoms with Crippen molar-refractivity contribution in [1.29, 1.82) is 0 Å². The number of rotatable bonds is 6. The summed E-state index contributed by atoms with van der Waals surface area (Å²) in [5.74, 6) is -0.563. The second-order valence-corrected chi connectivity index (χ2v) is 7.57. The first kappa shape index (κ1) is 28.6. The molecule has 0 saturated carbocycles. The first-order valence-corrected chi connectivity index (χ1v) is 9.36. The number of ether oxygens (including phenoxy) is 1. The standard InChI is InChI=1S/C19H20O6S.2K/c1-13(2)12-25-19(21)17-11-15(7-10-18(17)20)4-3-14-5-8-16(9-6-14)26(22,23)24;;/h3-11,13,20H,12H2,1-2H3,(H,22,23,24);;. The third-order valence-corrected chi connectivity index (χ3v) is 4.30. The maximum Gasteiger partial charge on any atom is 0.341 e. The number of hydrogen-bond acceptors (Lipinski definition) is 5. The molecular formula is C19H20K2O6S. The summed E-state index contributed by atoms with van der Waals surface area (Å²) in [5, 5.41) is 9.86. The second-order valence-electron chi connectivity index (χ2n) is 6.15. The number of phenols is 1. The predicted molar refractivity (Wildman–Crippen MR) is 110 cm³/mol. The first-order chi connectivity index (χ1) is 12.2. The summed E-state index contributed by atoms with van der Waals surface area (Å²) in [4.78, 5) is 11.9. The molecule has 0 spiro atoms.